The molecule has 2 aromatic heterocycles. The molecule has 0 aliphatic heterocycles. The van der Waals surface area contributed by atoms with Crippen LogP contribution >= 0.6 is 0 Å². The first kappa shape index (κ1) is 14.6. The van der Waals surface area contributed by atoms with E-state index in [1.165, 1.54) is 17.5 Å². The van der Waals surface area contributed by atoms with E-state index < -0.39 is 0 Å². The highest BCUT2D eigenvalue weighted by Gasteiger charge is 2.14. The molecule has 0 fully saturated rings. The Morgan fingerprint density at radius 1 is 1.08 bits per heavy atom. The summed E-state index contributed by atoms with van der Waals surface area (Å²) in [7, 11) is 0. The van der Waals surface area contributed by atoms with Gasteiger partial charge in [0.2, 0.25) is 0 Å². The molecule has 1 N–H and O–H groups in total. The van der Waals surface area contributed by atoms with Crippen molar-refractivity contribution in [1.29, 1.82) is 0 Å². The lowest BCUT2D eigenvalue weighted by Gasteiger charge is -2.05. The van der Waals surface area contributed by atoms with Gasteiger partial charge in [0, 0.05) is 30.2 Å². The molecular weight excluding hydrogens is 300 g/mol. The Kier molecular flexibility index (Phi) is 3.83. The van der Waals surface area contributed by atoms with Crippen LogP contribution in [0.1, 0.15) is 33.5 Å². The summed E-state index contributed by atoms with van der Waals surface area (Å²) in [5, 5.41) is 7.28. The molecule has 0 atom stereocenters. The van der Waals surface area contributed by atoms with Gasteiger partial charge in [0.1, 0.15) is 0 Å². The molecule has 1 aliphatic rings. The Balaban J connectivity index is 1.45. The van der Waals surface area contributed by atoms with Gasteiger partial charge in [0.05, 0.1) is 6.54 Å². The van der Waals surface area contributed by atoms with Crippen molar-refractivity contribution in [2.75, 3.05) is 5.32 Å². The van der Waals surface area contributed by atoms with E-state index in [4.69, 9.17) is 0 Å². The third-order valence-corrected chi connectivity index (χ3v) is 4.34. The number of aryl methyl sites for hydroxylation is 2. The predicted octanol–water partition coefficient (Wildman–Crippen LogP) is 3.07. The van der Waals surface area contributed by atoms with E-state index in [2.05, 4.69) is 21.5 Å². The molecule has 0 unspecified atom stereocenters. The van der Waals surface area contributed by atoms with Crippen molar-refractivity contribution in [3.8, 4) is 0 Å². The summed E-state index contributed by atoms with van der Waals surface area (Å²) < 4.78 is 1.80. The van der Waals surface area contributed by atoms with Crippen molar-refractivity contribution < 1.29 is 4.79 Å². The van der Waals surface area contributed by atoms with Gasteiger partial charge in [0.25, 0.3) is 5.91 Å². The van der Waals surface area contributed by atoms with Crippen LogP contribution < -0.4 is 5.32 Å². The Morgan fingerprint density at radius 3 is 2.79 bits per heavy atom. The second-order valence-corrected chi connectivity index (χ2v) is 6.05. The van der Waals surface area contributed by atoms with Crippen LogP contribution in [0.3, 0.4) is 0 Å². The number of hydrogen-bond acceptors (Lipinski definition) is 3. The van der Waals surface area contributed by atoms with Gasteiger partial charge >= 0.3 is 0 Å². The normalized spacial score (nSPS) is 12.8. The number of aromatic nitrogens is 3. The van der Waals surface area contributed by atoms with Gasteiger partial charge in [-0.2, -0.15) is 5.10 Å². The molecule has 0 saturated heterocycles. The van der Waals surface area contributed by atoms with Gasteiger partial charge in [-0.1, -0.05) is 6.07 Å². The van der Waals surface area contributed by atoms with E-state index in [9.17, 15) is 4.79 Å². The molecule has 0 spiro atoms. The Labute approximate surface area is 140 Å². The predicted molar refractivity (Wildman–Crippen MR) is 92.0 cm³/mol. The van der Waals surface area contributed by atoms with Crippen molar-refractivity contribution in [2.24, 2.45) is 0 Å². The lowest BCUT2D eigenvalue weighted by molar-refractivity contribution is 0.102. The zero-order chi connectivity index (χ0) is 16.4. The minimum absolute atomic E-state index is 0.112. The molecular formula is C19H18N4O. The minimum Gasteiger partial charge on any atom is -0.305 e. The van der Waals surface area contributed by atoms with E-state index in [0.717, 1.165) is 18.4 Å². The highest BCUT2D eigenvalue weighted by Crippen LogP contribution is 2.23. The highest BCUT2D eigenvalue weighted by molar-refractivity contribution is 6.03. The Morgan fingerprint density at radius 2 is 1.92 bits per heavy atom. The van der Waals surface area contributed by atoms with E-state index in [-0.39, 0.29) is 5.91 Å². The number of rotatable bonds is 4. The zero-order valence-electron chi connectivity index (χ0n) is 13.3. The van der Waals surface area contributed by atoms with Gasteiger partial charge in [-0.05, 0) is 60.2 Å². The molecule has 120 valence electrons. The average molecular weight is 318 g/mol. The molecule has 1 aromatic carbocycles. The Hall–Kier alpha value is -2.95. The van der Waals surface area contributed by atoms with Crippen LogP contribution in [-0.4, -0.2) is 20.7 Å². The molecule has 1 aliphatic carbocycles. The fraction of sp³-hybridized carbons (Fsp3) is 0.211. The van der Waals surface area contributed by atoms with E-state index >= 15 is 0 Å². The molecule has 0 saturated carbocycles. The van der Waals surface area contributed by atoms with Crippen molar-refractivity contribution >= 4 is 11.7 Å². The number of carbonyl (C=O) groups excluding carboxylic acids is 1. The van der Waals surface area contributed by atoms with Crippen LogP contribution in [0.4, 0.5) is 5.82 Å². The van der Waals surface area contributed by atoms with Crippen molar-refractivity contribution in [2.45, 2.75) is 25.8 Å². The molecule has 0 bridgehead atoms. The SMILES string of the molecule is O=C(Nc1ccn(Cc2ccncc2)n1)c1ccc2c(c1)CCC2. The maximum atomic E-state index is 12.4. The monoisotopic (exact) mass is 318 g/mol. The first-order valence-electron chi connectivity index (χ1n) is 8.13. The largest absolute Gasteiger partial charge is 0.305 e. The highest BCUT2D eigenvalue weighted by atomic mass is 16.1. The molecule has 3 aromatic rings. The van der Waals surface area contributed by atoms with E-state index in [1.807, 2.05) is 36.5 Å². The quantitative estimate of drug-likeness (QED) is 0.804. The number of anilines is 1. The molecule has 0 radical (unpaired) electrons. The molecule has 2 heterocycles. The average Bonchev–Trinajstić information content (AvgIpc) is 3.24. The van der Waals surface area contributed by atoms with Crippen molar-refractivity contribution in [3.63, 3.8) is 0 Å². The lowest BCUT2D eigenvalue weighted by atomic mass is 10.1. The number of fused-ring (bicyclic) bond motifs is 1. The first-order chi connectivity index (χ1) is 11.8. The van der Waals surface area contributed by atoms with E-state index in [0.29, 0.717) is 17.9 Å². The van der Waals surface area contributed by atoms with Crippen LogP contribution in [0, 0.1) is 0 Å². The second-order valence-electron chi connectivity index (χ2n) is 6.05. The summed E-state index contributed by atoms with van der Waals surface area (Å²) in [4.78, 5) is 16.4. The van der Waals surface area contributed by atoms with Crippen LogP contribution in [0.15, 0.2) is 55.0 Å². The standard InChI is InChI=1S/C19H18N4O/c24-19(17-5-4-15-2-1-3-16(15)12-17)21-18-8-11-23(22-18)13-14-6-9-20-10-7-14/h4-12H,1-3,13H2,(H,21,22,24). The van der Waals surface area contributed by atoms with Crippen LogP contribution in [0.25, 0.3) is 0 Å². The van der Waals surface area contributed by atoms with Gasteiger partial charge in [-0.3, -0.25) is 14.5 Å². The second kappa shape index (κ2) is 6.28. The topological polar surface area (TPSA) is 59.8 Å². The fourth-order valence-electron chi connectivity index (χ4n) is 3.09. The van der Waals surface area contributed by atoms with Crippen molar-refractivity contribution in [1.82, 2.24) is 14.8 Å². The van der Waals surface area contributed by atoms with Gasteiger partial charge < -0.3 is 5.32 Å². The number of hydrogen-bond donors (Lipinski definition) is 1. The van der Waals surface area contributed by atoms with E-state index in [1.54, 1.807) is 17.1 Å². The summed E-state index contributed by atoms with van der Waals surface area (Å²) in [6.07, 6.45) is 8.75. The van der Waals surface area contributed by atoms with Crippen LogP contribution in [0.5, 0.6) is 0 Å². The molecule has 1 amide bonds. The maximum Gasteiger partial charge on any atom is 0.256 e. The summed E-state index contributed by atoms with van der Waals surface area (Å²) in [6, 6.07) is 11.7. The summed E-state index contributed by atoms with van der Waals surface area (Å²) in [5.74, 6) is 0.452. The smallest absolute Gasteiger partial charge is 0.256 e. The van der Waals surface area contributed by atoms with Gasteiger partial charge in [-0.15, -0.1) is 0 Å². The van der Waals surface area contributed by atoms with Crippen LogP contribution in [-0.2, 0) is 19.4 Å². The lowest BCUT2D eigenvalue weighted by Crippen LogP contribution is -2.13. The minimum atomic E-state index is -0.112. The first-order valence-corrected chi connectivity index (χ1v) is 8.13. The molecule has 5 heteroatoms. The van der Waals surface area contributed by atoms with Crippen LogP contribution in [0.2, 0.25) is 0 Å². The summed E-state index contributed by atoms with van der Waals surface area (Å²) in [5.41, 5.74) is 4.47. The number of benzene rings is 1. The molecule has 4 rings (SSSR count). The zero-order valence-corrected chi connectivity index (χ0v) is 13.3. The third-order valence-electron chi connectivity index (χ3n) is 4.34. The summed E-state index contributed by atoms with van der Waals surface area (Å²) in [6.45, 7) is 0.650. The number of nitrogens with one attached hydrogen (secondary N) is 1. The molecule has 24 heavy (non-hydrogen) atoms. The van der Waals surface area contributed by atoms with Gasteiger partial charge in [0.15, 0.2) is 5.82 Å². The number of pyridine rings is 1. The maximum absolute atomic E-state index is 12.4. The third kappa shape index (κ3) is 3.06. The Bertz CT molecular complexity index is 870. The molecule has 5 nitrogen and oxygen atoms in total. The summed E-state index contributed by atoms with van der Waals surface area (Å²) >= 11 is 0. The fourth-order valence-corrected chi connectivity index (χ4v) is 3.09. The number of carbonyl (C=O) groups is 1. The number of amides is 1. The van der Waals surface area contributed by atoms with Gasteiger partial charge in [-0.25, -0.2) is 0 Å². The van der Waals surface area contributed by atoms with Crippen molar-refractivity contribution in [3.05, 3.63) is 77.2 Å². The number of nitrogens with zero attached hydrogens (tertiary/aromatic N) is 3.